The van der Waals surface area contributed by atoms with E-state index < -0.39 is 31.1 Å². The Hall–Kier alpha value is -1.88. The van der Waals surface area contributed by atoms with E-state index in [1.165, 1.54) is 35.2 Å². The molecule has 51 heavy (non-hydrogen) atoms. The summed E-state index contributed by atoms with van der Waals surface area (Å²) in [5.74, 6) is 2.82. The minimum Gasteiger partial charge on any atom is -0.458 e. The second kappa shape index (κ2) is 14.1. The van der Waals surface area contributed by atoms with Crippen LogP contribution in [-0.4, -0.2) is 62.2 Å². The van der Waals surface area contributed by atoms with Gasteiger partial charge in [-0.2, -0.15) is 16.5 Å². The average molecular weight is 800 g/mol. The Kier molecular flexibility index (Phi) is 10.7. The molecule has 1 saturated heterocycles. The molecule has 4 fully saturated rings. The maximum Gasteiger partial charge on any atom is 0.306 e. The van der Waals surface area contributed by atoms with Gasteiger partial charge in [0.15, 0.2) is 10.9 Å². The SMILES string of the molecule is C=CCSCC1Nc2cc(Cl)c(S(N)(=O)=O)cc2S(=O)(=O)N1.CC(=O)S[C@@H]1CC2=CC(=O)CC[C@]2(C)[C@H]2CC[C@@]3(C)[C@@H](CC[C@@]34CCC(=O)O4)[C@H]12. The van der Waals surface area contributed by atoms with E-state index >= 15 is 0 Å². The summed E-state index contributed by atoms with van der Waals surface area (Å²) in [6, 6.07) is 2.20. The summed E-state index contributed by atoms with van der Waals surface area (Å²) in [6.45, 7) is 10.0. The van der Waals surface area contributed by atoms with Crippen molar-refractivity contribution < 1.29 is 36.0 Å². The molecule has 1 aromatic rings. The number of carbonyl (C=O) groups is 3. The number of anilines is 1. The van der Waals surface area contributed by atoms with E-state index in [0.717, 1.165) is 51.0 Å². The zero-order valence-electron chi connectivity index (χ0n) is 29.0. The summed E-state index contributed by atoms with van der Waals surface area (Å²) in [7, 11) is -7.97. The lowest BCUT2D eigenvalue weighted by atomic mass is 9.46. The first-order valence-corrected chi connectivity index (χ1v) is 22.7. The molecule has 0 radical (unpaired) electrons. The van der Waals surface area contributed by atoms with Gasteiger partial charge in [0.2, 0.25) is 20.0 Å². The van der Waals surface area contributed by atoms with E-state index in [0.29, 0.717) is 42.1 Å². The molecule has 1 aromatic carbocycles. The summed E-state index contributed by atoms with van der Waals surface area (Å²) in [4.78, 5) is 35.8. The zero-order chi connectivity index (χ0) is 37.1. The van der Waals surface area contributed by atoms with E-state index in [1.807, 2.05) is 6.08 Å². The van der Waals surface area contributed by atoms with Crippen LogP contribution in [0.5, 0.6) is 0 Å². The molecule has 11 nitrogen and oxygen atoms in total. The number of nitrogens with one attached hydrogen (secondary N) is 2. The highest BCUT2D eigenvalue weighted by molar-refractivity contribution is 8.14. The van der Waals surface area contributed by atoms with Crippen molar-refractivity contribution in [3.05, 3.63) is 41.5 Å². The van der Waals surface area contributed by atoms with Crippen LogP contribution in [0.4, 0.5) is 5.69 Å². The minimum atomic E-state index is -4.12. The Bertz CT molecular complexity index is 1900. The molecular weight excluding hydrogens is 754 g/mol. The van der Waals surface area contributed by atoms with E-state index in [4.69, 9.17) is 21.5 Å². The Labute approximate surface area is 314 Å². The van der Waals surface area contributed by atoms with Crippen molar-refractivity contribution in [2.45, 2.75) is 105 Å². The van der Waals surface area contributed by atoms with Crippen LogP contribution >= 0.6 is 35.1 Å². The van der Waals surface area contributed by atoms with Gasteiger partial charge in [-0.3, -0.25) is 14.4 Å². The topological polar surface area (TPSA) is 179 Å². The van der Waals surface area contributed by atoms with Crippen LogP contribution in [0.3, 0.4) is 0 Å². The average Bonchev–Trinajstić information content (AvgIpc) is 3.55. The highest BCUT2D eigenvalue weighted by atomic mass is 35.5. The van der Waals surface area contributed by atoms with Crippen LogP contribution in [0.1, 0.15) is 78.6 Å². The third-order valence-electron chi connectivity index (χ3n) is 12.4. The number of fused-ring (bicyclic) bond motifs is 7. The smallest absolute Gasteiger partial charge is 0.306 e. The molecule has 1 unspecified atom stereocenters. The molecule has 2 aliphatic heterocycles. The normalized spacial score (nSPS) is 36.3. The van der Waals surface area contributed by atoms with Crippen LogP contribution < -0.4 is 15.2 Å². The number of rotatable bonds is 6. The quantitative estimate of drug-likeness (QED) is 0.180. The first kappa shape index (κ1) is 38.8. The second-order valence-corrected chi connectivity index (χ2v) is 21.2. The molecule has 0 bridgehead atoms. The highest BCUT2D eigenvalue weighted by Crippen LogP contribution is 2.70. The van der Waals surface area contributed by atoms with Gasteiger partial charge < -0.3 is 10.1 Å². The van der Waals surface area contributed by atoms with Crippen LogP contribution in [0, 0.1) is 28.6 Å². The van der Waals surface area contributed by atoms with Crippen molar-refractivity contribution in [3.8, 4) is 0 Å². The first-order valence-electron chi connectivity index (χ1n) is 17.3. The maximum absolute atomic E-state index is 12.2. The van der Waals surface area contributed by atoms with Gasteiger partial charge in [-0.05, 0) is 86.3 Å². The van der Waals surface area contributed by atoms with Crippen molar-refractivity contribution in [1.29, 1.82) is 0 Å². The second-order valence-electron chi connectivity index (χ2n) is 15.1. The number of esters is 1. The zero-order valence-corrected chi connectivity index (χ0v) is 33.1. The fourth-order valence-electron chi connectivity index (χ4n) is 10.0. The van der Waals surface area contributed by atoms with Gasteiger partial charge in [0.25, 0.3) is 0 Å². The number of allylic oxidation sites excluding steroid dienone is 1. The number of ether oxygens (including phenoxy) is 1. The molecule has 2 heterocycles. The summed E-state index contributed by atoms with van der Waals surface area (Å²) in [6.07, 6.45) is 11.2. The molecule has 0 amide bonds. The molecule has 7 rings (SSSR count). The monoisotopic (exact) mass is 799 g/mol. The van der Waals surface area contributed by atoms with E-state index in [-0.39, 0.29) is 54.2 Å². The molecule has 16 heteroatoms. The van der Waals surface area contributed by atoms with Crippen LogP contribution in [-0.2, 0) is 39.2 Å². The largest absolute Gasteiger partial charge is 0.458 e. The summed E-state index contributed by atoms with van der Waals surface area (Å²) in [5, 5.41) is 8.27. The van der Waals surface area contributed by atoms with Gasteiger partial charge in [-0.25, -0.2) is 22.0 Å². The molecule has 280 valence electrons. The lowest BCUT2D eigenvalue weighted by molar-refractivity contribution is -0.167. The van der Waals surface area contributed by atoms with Crippen LogP contribution in [0.25, 0.3) is 0 Å². The number of carbonyl (C=O) groups excluding carboxylic acids is 3. The van der Waals surface area contributed by atoms with Gasteiger partial charge in [0.05, 0.1) is 16.9 Å². The third-order valence-corrected chi connectivity index (χ3v) is 17.4. The van der Waals surface area contributed by atoms with Crippen molar-refractivity contribution in [1.82, 2.24) is 4.72 Å². The predicted molar refractivity (Wildman–Crippen MR) is 200 cm³/mol. The van der Waals surface area contributed by atoms with Gasteiger partial charge >= 0.3 is 5.97 Å². The Morgan fingerprint density at radius 3 is 2.51 bits per heavy atom. The third kappa shape index (κ3) is 7.09. The lowest BCUT2D eigenvalue weighted by Gasteiger charge is -2.61. The summed E-state index contributed by atoms with van der Waals surface area (Å²) < 4.78 is 55.9. The number of thioether (sulfide) groups is 2. The Morgan fingerprint density at radius 1 is 1.14 bits per heavy atom. The molecule has 4 N–H and O–H groups in total. The van der Waals surface area contributed by atoms with Crippen molar-refractivity contribution in [2.75, 3.05) is 16.8 Å². The molecule has 1 spiro atoms. The fourth-order valence-corrected chi connectivity index (χ4v) is 14.6. The number of hydrogen-bond acceptors (Lipinski definition) is 11. The van der Waals surface area contributed by atoms with Crippen LogP contribution in [0.15, 0.2) is 46.2 Å². The molecule has 4 aliphatic carbocycles. The van der Waals surface area contributed by atoms with Crippen molar-refractivity contribution in [3.63, 3.8) is 0 Å². The Balaban J connectivity index is 0.000000183. The number of sulfonamides is 2. The summed E-state index contributed by atoms with van der Waals surface area (Å²) in [5.41, 5.74) is 1.33. The minimum absolute atomic E-state index is 0.0119. The van der Waals surface area contributed by atoms with E-state index in [9.17, 15) is 31.2 Å². The molecule has 0 aromatic heterocycles. The first-order chi connectivity index (χ1) is 23.8. The molecular formula is C35H46ClN3O8S4. The molecule has 3 saturated carbocycles. The lowest BCUT2D eigenvalue weighted by Crippen LogP contribution is -2.57. The van der Waals surface area contributed by atoms with Crippen molar-refractivity contribution >= 4 is 77.7 Å². The standard InChI is InChI=1S/C24H32O4S.C11H14ClN3O4S3/c1-14(25)29-19-13-15-12-16(26)4-8-22(15,2)17-5-9-23(3)18(21(17)19)6-10-24(23)11-7-20(27)28-24;1-2-3-20-6-11-14-8-4-7(12)9(21(13,16)17)5-10(8)22(18,19)15-11/h12,17-19,21H,4-11,13H2,1-3H3;2,4-5,11,14-15H,1,3,6H2,(H2,13,16,17)/t17-,18-,19+,21+,22-,23-,24+;/m0./s1. The highest BCUT2D eigenvalue weighted by Gasteiger charge is 2.68. The number of nitrogens with two attached hydrogens (primary N) is 1. The van der Waals surface area contributed by atoms with E-state index in [1.54, 1.807) is 13.0 Å². The molecule has 6 aliphatic rings. The number of hydrogen-bond donors (Lipinski definition) is 3. The van der Waals surface area contributed by atoms with E-state index in [2.05, 4.69) is 30.5 Å². The number of ketones is 1. The maximum atomic E-state index is 12.2. The molecule has 8 atom stereocenters. The number of benzene rings is 1. The van der Waals surface area contributed by atoms with Gasteiger partial charge in [-0.15, -0.1) is 6.58 Å². The number of halogens is 1. The fraction of sp³-hybridized carbons (Fsp3) is 0.629. The van der Waals surface area contributed by atoms with Gasteiger partial charge in [-0.1, -0.05) is 48.9 Å². The van der Waals surface area contributed by atoms with Gasteiger partial charge in [0, 0.05) is 41.9 Å². The van der Waals surface area contributed by atoms with Crippen LogP contribution in [0.2, 0.25) is 5.02 Å². The number of primary sulfonamides is 1. The van der Waals surface area contributed by atoms with Crippen molar-refractivity contribution in [2.24, 2.45) is 33.7 Å². The van der Waals surface area contributed by atoms with Gasteiger partial charge in [0.1, 0.15) is 15.4 Å². The Morgan fingerprint density at radius 2 is 1.86 bits per heavy atom. The summed E-state index contributed by atoms with van der Waals surface area (Å²) >= 11 is 8.87. The predicted octanol–water partition coefficient (Wildman–Crippen LogP) is 5.79.